The number of halogens is 5. The molecule has 0 unspecified atom stereocenters. The molecule has 16 aromatic rings. The fourth-order valence-electron chi connectivity index (χ4n) is 13.7. The lowest BCUT2D eigenvalue weighted by Gasteiger charge is -2.19. The summed E-state index contributed by atoms with van der Waals surface area (Å²) in [4.78, 5) is 8.93. The highest BCUT2D eigenvalue weighted by molar-refractivity contribution is 7.93. The predicted molar refractivity (Wildman–Crippen MR) is 481 cm³/mol. The summed E-state index contributed by atoms with van der Waals surface area (Å²) in [5.74, 6) is 0.200. The number of nitrogens with one attached hydrogen (secondary N) is 4. The Morgan fingerprint density at radius 3 is 0.945 bits per heavy atom. The molecule has 8 aromatic carbocycles. The Labute approximate surface area is 731 Å². The molecule has 127 heavy (non-hydrogen) atoms. The first kappa shape index (κ1) is 91.2. The third kappa shape index (κ3) is 20.6. The summed E-state index contributed by atoms with van der Waals surface area (Å²) in [6.07, 6.45) is 0.243. The minimum atomic E-state index is -4.10. The van der Waals surface area contributed by atoms with E-state index in [-0.39, 0.29) is 75.6 Å². The van der Waals surface area contributed by atoms with Crippen molar-refractivity contribution in [2.75, 3.05) is 18.9 Å². The van der Waals surface area contributed by atoms with Crippen molar-refractivity contribution >= 4 is 107 Å². The van der Waals surface area contributed by atoms with Crippen LogP contribution in [0, 0.1) is 17.3 Å². The second-order valence-corrected chi connectivity index (χ2v) is 40.5. The molecule has 0 saturated heterocycles. The van der Waals surface area contributed by atoms with E-state index in [2.05, 4.69) is 70.0 Å². The zero-order chi connectivity index (χ0) is 91.7. The molecule has 658 valence electrons. The molecule has 0 saturated carbocycles. The van der Waals surface area contributed by atoms with Crippen LogP contribution < -0.4 is 28.3 Å². The smallest absolute Gasteiger partial charge is 0.282 e. The molecule has 35 heteroatoms. The van der Waals surface area contributed by atoms with Gasteiger partial charge in [-0.3, -0.25) is 28.9 Å². The first-order valence-corrected chi connectivity index (χ1v) is 45.6. The number of hydrogen-bond donors (Lipinski definition) is 4. The van der Waals surface area contributed by atoms with Crippen LogP contribution in [-0.4, -0.2) is 82.8 Å². The van der Waals surface area contributed by atoms with Crippen molar-refractivity contribution in [3.8, 4) is 22.7 Å². The van der Waals surface area contributed by atoms with Crippen molar-refractivity contribution in [2.45, 2.75) is 151 Å². The molecule has 0 spiro atoms. The molecule has 0 aliphatic rings. The fourth-order valence-corrected chi connectivity index (χ4v) is 17.8. The van der Waals surface area contributed by atoms with Crippen LogP contribution in [0.4, 0.5) is 45.2 Å². The number of alkyl halides is 5. The standard InChI is InChI=1S/C23H22F2N4O3S.C23H22F2N4O2S.C23H23FN4O3S.C23H24N4O2S/c1-23(2,3)15-9-11-16(12-10-15)33(31,32)27-21-14-18(22(24)25)26-29(21)20-8-4-7-19-17(20)6-5-13-28(19)30;1-23(2,3)15-9-11-16(12-10-15)32(30,31)28-21-14-19(22(24)25)27-29(21)20-8-4-7-18-17(20)6-5-13-26-18;1-23(2,3)16-9-11-18(12-10-16)32(30,31)26-22-14-17(15-24)25-28(22)21-8-4-7-20-19(21)6-5-13-27(20)29;1-16-15-22(26-30(28,29)18-12-10-17(11-13-18)23(2,3)4)27(25-16)21-9-5-8-20-19(21)7-6-14-24-20/h4-14,22,27H,1-3H3;4-14,22,28H,1-3H3;4-14,26H,15H2,1-3H3;5-15,26H,1-4H3. The zero-order valence-electron chi connectivity index (χ0n) is 71.2. The van der Waals surface area contributed by atoms with E-state index in [1.54, 1.807) is 157 Å². The van der Waals surface area contributed by atoms with Gasteiger partial charge in [0, 0.05) is 71.7 Å². The summed E-state index contributed by atoms with van der Waals surface area (Å²) in [5.41, 5.74) is 7.23. The van der Waals surface area contributed by atoms with Gasteiger partial charge in [0.1, 0.15) is 41.3 Å². The molecule has 8 heterocycles. The lowest BCUT2D eigenvalue weighted by molar-refractivity contribution is -0.577. The van der Waals surface area contributed by atoms with E-state index < -0.39 is 71.0 Å². The number of fused-ring (bicyclic) bond motifs is 4. The topological polar surface area (TPSA) is 336 Å². The van der Waals surface area contributed by atoms with Crippen molar-refractivity contribution in [3.05, 3.63) is 323 Å². The zero-order valence-corrected chi connectivity index (χ0v) is 74.5. The summed E-state index contributed by atoms with van der Waals surface area (Å²) in [5, 5.41) is 43.4. The maximum atomic E-state index is 13.5. The monoisotopic (exact) mass is 1800 g/mol. The number of aryl methyl sites for hydroxylation is 1. The second kappa shape index (κ2) is 35.9. The van der Waals surface area contributed by atoms with Crippen LogP contribution in [0.2, 0.25) is 0 Å². The molecular weight excluding hydrogens is 1710 g/mol. The van der Waals surface area contributed by atoms with Crippen LogP contribution in [0.25, 0.3) is 66.4 Å². The van der Waals surface area contributed by atoms with Gasteiger partial charge in [-0.25, -0.2) is 74.4 Å². The maximum Gasteiger partial charge on any atom is 0.282 e. The molecule has 16 rings (SSSR count). The third-order valence-corrected chi connectivity index (χ3v) is 25.9. The molecule has 0 amide bonds. The summed E-state index contributed by atoms with van der Waals surface area (Å²) >= 11 is 0. The number of pyridine rings is 4. The van der Waals surface area contributed by atoms with Crippen molar-refractivity contribution in [3.63, 3.8) is 0 Å². The molecule has 0 bridgehead atoms. The Hall–Kier alpha value is -13.5. The van der Waals surface area contributed by atoms with Crippen molar-refractivity contribution in [2.24, 2.45) is 0 Å². The maximum absolute atomic E-state index is 13.5. The van der Waals surface area contributed by atoms with E-state index in [9.17, 15) is 66.0 Å². The summed E-state index contributed by atoms with van der Waals surface area (Å²) in [6.45, 7) is 25.5. The van der Waals surface area contributed by atoms with Gasteiger partial charge < -0.3 is 10.4 Å². The average molecular weight is 1800 g/mol. The molecular formula is C92H91F5N16O10S4. The Morgan fingerprint density at radius 2 is 0.630 bits per heavy atom. The molecule has 8 aromatic heterocycles. The number of rotatable bonds is 19. The van der Waals surface area contributed by atoms with Gasteiger partial charge >= 0.3 is 0 Å². The van der Waals surface area contributed by atoms with E-state index in [0.717, 1.165) is 55.7 Å². The molecule has 0 fully saturated rings. The van der Waals surface area contributed by atoms with Gasteiger partial charge in [-0.2, -0.15) is 29.9 Å². The van der Waals surface area contributed by atoms with E-state index in [0.29, 0.717) is 59.5 Å². The summed E-state index contributed by atoms with van der Waals surface area (Å²) < 4.78 is 188. The Balaban J connectivity index is 0.000000145. The van der Waals surface area contributed by atoms with Crippen LogP contribution in [0.5, 0.6) is 0 Å². The second-order valence-electron chi connectivity index (χ2n) is 33.8. The average Bonchev–Trinajstić information content (AvgIpc) is 1.69. The number of aromatic nitrogens is 12. The van der Waals surface area contributed by atoms with Gasteiger partial charge in [0.05, 0.1) is 75.5 Å². The van der Waals surface area contributed by atoms with Gasteiger partial charge in [-0.1, -0.05) is 156 Å². The molecule has 4 N–H and O–H groups in total. The van der Waals surface area contributed by atoms with E-state index >= 15 is 0 Å². The number of sulfonamides is 4. The predicted octanol–water partition coefficient (Wildman–Crippen LogP) is 19.2. The minimum Gasteiger partial charge on any atom is -0.618 e. The van der Waals surface area contributed by atoms with Crippen molar-refractivity contribution in [1.29, 1.82) is 0 Å². The van der Waals surface area contributed by atoms with Crippen LogP contribution in [0.15, 0.2) is 287 Å². The number of anilines is 4. The first-order chi connectivity index (χ1) is 59.8. The van der Waals surface area contributed by atoms with Crippen molar-refractivity contribution in [1.82, 2.24) is 49.1 Å². The summed E-state index contributed by atoms with van der Waals surface area (Å²) in [6, 6.07) is 65.8. The molecule has 26 nitrogen and oxygen atoms in total. The van der Waals surface area contributed by atoms with Gasteiger partial charge in [0.25, 0.3) is 52.9 Å². The molecule has 0 atom stereocenters. The lowest BCUT2D eigenvalue weighted by atomic mass is 9.87. The normalized spacial score (nSPS) is 12.3. The van der Waals surface area contributed by atoms with Gasteiger partial charge in [0.15, 0.2) is 12.4 Å². The minimum absolute atomic E-state index is 0.0165. The fraction of sp³-hybridized carbons (Fsp3) is 0.217. The van der Waals surface area contributed by atoms with Gasteiger partial charge in [0.2, 0.25) is 11.0 Å². The first-order valence-electron chi connectivity index (χ1n) is 39.7. The Bertz CT molecular complexity index is 7230. The van der Waals surface area contributed by atoms with Crippen LogP contribution in [-0.2, 0) is 68.4 Å². The van der Waals surface area contributed by atoms with Crippen LogP contribution in [0.1, 0.15) is 141 Å². The molecule has 0 radical (unpaired) electrons. The van der Waals surface area contributed by atoms with E-state index in [1.165, 1.54) is 70.3 Å². The molecule has 0 aliphatic heterocycles. The highest BCUT2D eigenvalue weighted by Crippen LogP contribution is 2.36. The Kier molecular flexibility index (Phi) is 25.7. The largest absolute Gasteiger partial charge is 0.618 e. The van der Waals surface area contributed by atoms with Gasteiger partial charge in [-0.15, -0.1) is 0 Å². The highest BCUT2D eigenvalue weighted by Gasteiger charge is 2.30. The SMILES string of the molecule is CC(C)(C)c1ccc(S(=O)(=O)Nc2cc(C(F)F)nn2-c2cccc3c2ccc[n+]3[O-])cc1.CC(C)(C)c1ccc(S(=O)(=O)Nc2cc(C(F)F)nn2-c2cccc3ncccc23)cc1.CC(C)(C)c1ccc(S(=O)(=O)Nc2cc(CF)nn2-c2cccc3c2ccc[n+]3[O-])cc1.Cc1cc(NS(=O)(=O)c2ccc(C(C)(C)C)cc2)n(-c2cccc3ncccc23)n1. The van der Waals surface area contributed by atoms with Crippen LogP contribution >= 0.6 is 0 Å². The number of hydrogen-bond acceptors (Lipinski definition) is 16. The van der Waals surface area contributed by atoms with Crippen LogP contribution in [0.3, 0.4) is 0 Å². The van der Waals surface area contributed by atoms with E-state index in [4.69, 9.17) is 0 Å². The lowest BCUT2D eigenvalue weighted by Crippen LogP contribution is -2.26. The molecule has 0 aliphatic carbocycles. The summed E-state index contributed by atoms with van der Waals surface area (Å²) in [7, 11) is -15.9. The Morgan fingerprint density at radius 1 is 0.346 bits per heavy atom. The number of benzene rings is 8. The number of nitrogens with zero attached hydrogens (tertiary/aromatic N) is 12. The van der Waals surface area contributed by atoms with E-state index in [1.807, 2.05) is 112 Å². The van der Waals surface area contributed by atoms with Crippen molar-refractivity contribution < 1.29 is 65.1 Å². The van der Waals surface area contributed by atoms with Gasteiger partial charge in [-0.05, 0) is 172 Å². The third-order valence-electron chi connectivity index (χ3n) is 20.4. The highest BCUT2D eigenvalue weighted by atomic mass is 32.2. The quantitative estimate of drug-likeness (QED) is 0.0332.